The molecule has 1 heterocycles. The van der Waals surface area contributed by atoms with Gasteiger partial charge in [-0.3, -0.25) is 14.6 Å². The molecule has 5 heteroatoms. The van der Waals surface area contributed by atoms with Gasteiger partial charge < -0.3 is 5.11 Å². The van der Waals surface area contributed by atoms with Crippen LogP contribution in [0.25, 0.3) is 11.3 Å². The third-order valence-corrected chi connectivity index (χ3v) is 2.33. The number of carbonyl (C=O) groups is 1. The van der Waals surface area contributed by atoms with Crippen molar-refractivity contribution in [3.8, 4) is 11.3 Å². The highest BCUT2D eigenvalue weighted by atomic mass is 16.4. The summed E-state index contributed by atoms with van der Waals surface area (Å²) in [5.41, 5.74) is 1.55. The quantitative estimate of drug-likeness (QED) is 0.791. The molecule has 0 aliphatic rings. The van der Waals surface area contributed by atoms with Crippen LogP contribution in [0.15, 0.2) is 35.1 Å². The summed E-state index contributed by atoms with van der Waals surface area (Å²) in [6.45, 7) is 0. The molecular formula is C11H10N2O3. The van der Waals surface area contributed by atoms with Crippen LogP contribution in [0.4, 0.5) is 0 Å². The van der Waals surface area contributed by atoms with E-state index in [0.29, 0.717) is 5.69 Å². The van der Waals surface area contributed by atoms with Crippen molar-refractivity contribution in [3.63, 3.8) is 0 Å². The van der Waals surface area contributed by atoms with Crippen molar-refractivity contribution in [2.24, 2.45) is 7.05 Å². The lowest BCUT2D eigenvalue weighted by Gasteiger charge is -1.98. The summed E-state index contributed by atoms with van der Waals surface area (Å²) in [5, 5.41) is 11.6. The number of hydrogen-bond donors (Lipinski definition) is 2. The highest BCUT2D eigenvalue weighted by Crippen LogP contribution is 2.15. The van der Waals surface area contributed by atoms with E-state index in [9.17, 15) is 9.59 Å². The maximum absolute atomic E-state index is 11.2. The van der Waals surface area contributed by atoms with E-state index < -0.39 is 5.97 Å². The molecule has 0 unspecified atom stereocenters. The highest BCUT2D eigenvalue weighted by molar-refractivity contribution is 5.88. The number of nitrogens with zero attached hydrogens (tertiary/aromatic N) is 1. The molecule has 0 aliphatic carbocycles. The number of benzene rings is 1. The zero-order chi connectivity index (χ0) is 11.7. The molecule has 0 radical (unpaired) electrons. The molecule has 2 N–H and O–H groups in total. The van der Waals surface area contributed by atoms with Crippen LogP contribution in [0.5, 0.6) is 0 Å². The van der Waals surface area contributed by atoms with E-state index in [2.05, 4.69) is 5.10 Å². The van der Waals surface area contributed by atoms with Crippen LogP contribution in [0.1, 0.15) is 10.4 Å². The number of nitrogens with one attached hydrogen (secondary N) is 1. The minimum Gasteiger partial charge on any atom is -0.478 e. The Morgan fingerprint density at radius 3 is 2.38 bits per heavy atom. The van der Waals surface area contributed by atoms with Gasteiger partial charge in [0.1, 0.15) is 0 Å². The second-order valence-corrected chi connectivity index (χ2v) is 3.45. The summed E-state index contributed by atoms with van der Waals surface area (Å²) in [6.07, 6.45) is 0. The Morgan fingerprint density at radius 1 is 1.31 bits per heavy atom. The highest BCUT2D eigenvalue weighted by Gasteiger charge is 2.05. The molecule has 16 heavy (non-hydrogen) atoms. The molecule has 0 atom stereocenters. The van der Waals surface area contributed by atoms with Crippen LogP contribution < -0.4 is 5.56 Å². The first kappa shape index (κ1) is 10.2. The van der Waals surface area contributed by atoms with E-state index in [1.165, 1.54) is 22.9 Å². The first-order valence-electron chi connectivity index (χ1n) is 4.67. The average Bonchev–Trinajstić information content (AvgIpc) is 2.59. The Bertz CT molecular complexity index is 578. The van der Waals surface area contributed by atoms with Gasteiger partial charge in [0, 0.05) is 13.1 Å². The van der Waals surface area contributed by atoms with Gasteiger partial charge in [0.15, 0.2) is 0 Å². The molecule has 0 saturated carbocycles. The van der Waals surface area contributed by atoms with Crippen molar-refractivity contribution in [2.45, 2.75) is 0 Å². The minimum absolute atomic E-state index is 0.127. The van der Waals surface area contributed by atoms with Crippen molar-refractivity contribution < 1.29 is 9.90 Å². The lowest BCUT2D eigenvalue weighted by Crippen LogP contribution is -2.09. The number of carboxylic acid groups (broad SMARTS) is 1. The molecule has 1 aromatic heterocycles. The Labute approximate surface area is 90.9 Å². The SMILES string of the molecule is Cn1[nH]c(-c2ccc(C(=O)O)cc2)cc1=O. The second-order valence-electron chi connectivity index (χ2n) is 3.45. The van der Waals surface area contributed by atoms with Gasteiger partial charge in [-0.15, -0.1) is 0 Å². The Kier molecular flexibility index (Phi) is 2.36. The van der Waals surface area contributed by atoms with E-state index >= 15 is 0 Å². The fourth-order valence-corrected chi connectivity index (χ4v) is 1.43. The van der Waals surface area contributed by atoms with Crippen LogP contribution in [-0.4, -0.2) is 20.9 Å². The monoisotopic (exact) mass is 218 g/mol. The van der Waals surface area contributed by atoms with Gasteiger partial charge in [-0.1, -0.05) is 12.1 Å². The van der Waals surface area contributed by atoms with E-state index in [1.807, 2.05) is 0 Å². The first-order chi connectivity index (χ1) is 7.58. The third-order valence-electron chi connectivity index (χ3n) is 2.33. The molecular weight excluding hydrogens is 208 g/mol. The van der Waals surface area contributed by atoms with Crippen molar-refractivity contribution in [3.05, 3.63) is 46.2 Å². The predicted octanol–water partition coefficient (Wildman–Crippen LogP) is 1.08. The van der Waals surface area contributed by atoms with Gasteiger partial charge in [0.2, 0.25) is 0 Å². The van der Waals surface area contributed by atoms with Gasteiger partial charge in [-0.05, 0) is 17.7 Å². The molecule has 1 aromatic carbocycles. The molecule has 0 spiro atoms. The van der Waals surface area contributed by atoms with Crippen LogP contribution in [0.2, 0.25) is 0 Å². The summed E-state index contributed by atoms with van der Waals surface area (Å²) < 4.78 is 1.36. The standard InChI is InChI=1S/C11H10N2O3/c1-13-10(14)6-9(12-13)7-2-4-8(5-3-7)11(15)16/h2-6,12H,1H3,(H,15,16). The molecule has 0 saturated heterocycles. The maximum Gasteiger partial charge on any atom is 0.335 e. The summed E-state index contributed by atoms with van der Waals surface area (Å²) in [4.78, 5) is 21.9. The van der Waals surface area contributed by atoms with Gasteiger partial charge in [-0.2, -0.15) is 0 Å². The zero-order valence-corrected chi connectivity index (χ0v) is 8.60. The number of hydrogen-bond acceptors (Lipinski definition) is 2. The van der Waals surface area contributed by atoms with E-state index in [1.54, 1.807) is 19.2 Å². The molecule has 0 fully saturated rings. The van der Waals surface area contributed by atoms with E-state index in [-0.39, 0.29) is 11.1 Å². The van der Waals surface area contributed by atoms with Crippen molar-refractivity contribution in [2.75, 3.05) is 0 Å². The van der Waals surface area contributed by atoms with Gasteiger partial charge in [0.05, 0.1) is 11.3 Å². The zero-order valence-electron chi connectivity index (χ0n) is 8.60. The summed E-state index contributed by atoms with van der Waals surface area (Å²) in [7, 11) is 1.62. The molecule has 0 aliphatic heterocycles. The molecule has 0 amide bonds. The number of rotatable bonds is 2. The largest absolute Gasteiger partial charge is 0.478 e. The van der Waals surface area contributed by atoms with Gasteiger partial charge in [0.25, 0.3) is 5.56 Å². The predicted molar refractivity (Wildman–Crippen MR) is 58.4 cm³/mol. The van der Waals surface area contributed by atoms with Gasteiger partial charge in [-0.25, -0.2) is 4.79 Å². The topological polar surface area (TPSA) is 75.1 Å². The van der Waals surface area contributed by atoms with Crippen LogP contribution in [0.3, 0.4) is 0 Å². The number of carboxylic acids is 1. The van der Waals surface area contributed by atoms with Crippen LogP contribution in [-0.2, 0) is 7.05 Å². The number of aryl methyl sites for hydroxylation is 1. The van der Waals surface area contributed by atoms with Crippen LogP contribution in [0, 0.1) is 0 Å². The van der Waals surface area contributed by atoms with Crippen LogP contribution >= 0.6 is 0 Å². The Hall–Kier alpha value is -2.30. The number of aromatic amines is 1. The van der Waals surface area contributed by atoms with E-state index in [0.717, 1.165) is 5.56 Å². The molecule has 2 aromatic rings. The first-order valence-corrected chi connectivity index (χ1v) is 4.67. The Balaban J connectivity index is 2.42. The number of aromatic nitrogens is 2. The molecule has 0 bridgehead atoms. The van der Waals surface area contributed by atoms with Crippen molar-refractivity contribution in [1.29, 1.82) is 0 Å². The maximum atomic E-state index is 11.2. The van der Waals surface area contributed by atoms with Crippen molar-refractivity contribution >= 4 is 5.97 Å². The molecule has 5 nitrogen and oxygen atoms in total. The number of H-pyrrole nitrogens is 1. The summed E-state index contributed by atoms with van der Waals surface area (Å²) in [5.74, 6) is -0.965. The fourth-order valence-electron chi connectivity index (χ4n) is 1.43. The van der Waals surface area contributed by atoms with E-state index in [4.69, 9.17) is 5.11 Å². The van der Waals surface area contributed by atoms with Gasteiger partial charge >= 0.3 is 5.97 Å². The minimum atomic E-state index is -0.965. The summed E-state index contributed by atoms with van der Waals surface area (Å²) in [6, 6.07) is 7.80. The summed E-state index contributed by atoms with van der Waals surface area (Å²) >= 11 is 0. The Morgan fingerprint density at radius 2 is 1.94 bits per heavy atom. The lowest BCUT2D eigenvalue weighted by atomic mass is 10.1. The average molecular weight is 218 g/mol. The second kappa shape index (κ2) is 3.69. The molecule has 2 rings (SSSR count). The normalized spacial score (nSPS) is 10.3. The number of aromatic carboxylic acids is 1. The smallest absolute Gasteiger partial charge is 0.335 e. The fraction of sp³-hybridized carbons (Fsp3) is 0.0909. The third kappa shape index (κ3) is 1.75. The van der Waals surface area contributed by atoms with Crippen molar-refractivity contribution in [1.82, 2.24) is 9.78 Å². The molecule has 82 valence electrons. The lowest BCUT2D eigenvalue weighted by molar-refractivity contribution is 0.0697.